The summed E-state index contributed by atoms with van der Waals surface area (Å²) in [5.41, 5.74) is 2.41. The second-order valence-electron chi connectivity index (χ2n) is 8.31. The molecule has 1 aromatic carbocycles. The van der Waals surface area contributed by atoms with Gasteiger partial charge in [-0.3, -0.25) is 9.59 Å². The molecule has 2 saturated heterocycles. The van der Waals surface area contributed by atoms with Gasteiger partial charge in [0, 0.05) is 50.3 Å². The number of carbonyl (C=O) groups excluding carboxylic acids is 2. The number of rotatable bonds is 6. The normalized spacial score (nSPS) is 20.6. The molecule has 2 fully saturated rings. The van der Waals surface area contributed by atoms with E-state index in [1.165, 1.54) is 0 Å². The summed E-state index contributed by atoms with van der Waals surface area (Å²) in [4.78, 5) is 31.2. The molecule has 4 heterocycles. The highest BCUT2D eigenvalue weighted by atomic mass is 16.5. The molecule has 32 heavy (non-hydrogen) atoms. The van der Waals surface area contributed by atoms with Crippen molar-refractivity contribution in [3.05, 3.63) is 66.1 Å². The number of ether oxygens (including phenoxy) is 2. The molecule has 0 unspecified atom stereocenters. The van der Waals surface area contributed by atoms with Gasteiger partial charge < -0.3 is 24.1 Å². The van der Waals surface area contributed by atoms with Crippen molar-refractivity contribution >= 4 is 17.5 Å². The number of imidazole rings is 1. The summed E-state index contributed by atoms with van der Waals surface area (Å²) in [5, 5.41) is 2.94. The van der Waals surface area contributed by atoms with Crippen LogP contribution in [0.1, 0.15) is 28.8 Å². The Hall–Kier alpha value is -3.39. The highest BCUT2D eigenvalue weighted by Gasteiger charge is 2.33. The van der Waals surface area contributed by atoms with Crippen LogP contribution in [0.4, 0.5) is 0 Å². The Morgan fingerprint density at radius 1 is 1.16 bits per heavy atom. The van der Waals surface area contributed by atoms with Crippen LogP contribution in [0.25, 0.3) is 5.65 Å². The predicted molar refractivity (Wildman–Crippen MR) is 117 cm³/mol. The third kappa shape index (κ3) is 4.45. The number of carbonyl (C=O) groups is 2. The molecular formula is C24H26N4O4. The van der Waals surface area contributed by atoms with Gasteiger partial charge in [0.05, 0.1) is 19.1 Å². The summed E-state index contributed by atoms with van der Waals surface area (Å²) < 4.78 is 13.3. The van der Waals surface area contributed by atoms with Crippen LogP contribution in [0.2, 0.25) is 0 Å². The number of nitrogens with one attached hydrogen (secondary N) is 1. The quantitative estimate of drug-likeness (QED) is 0.643. The van der Waals surface area contributed by atoms with Crippen molar-refractivity contribution in [3.63, 3.8) is 0 Å². The molecule has 0 saturated carbocycles. The molecule has 2 aliphatic rings. The Labute approximate surface area is 186 Å². The van der Waals surface area contributed by atoms with Gasteiger partial charge in [0.25, 0.3) is 5.91 Å². The zero-order chi connectivity index (χ0) is 21.9. The molecule has 2 aromatic heterocycles. The van der Waals surface area contributed by atoms with Crippen LogP contribution in [0.3, 0.4) is 0 Å². The molecule has 1 N–H and O–H groups in total. The van der Waals surface area contributed by atoms with E-state index in [1.807, 2.05) is 33.8 Å². The fraction of sp³-hybridized carbons (Fsp3) is 0.375. The molecule has 5 rings (SSSR count). The lowest BCUT2D eigenvalue weighted by Gasteiger charge is -2.20. The van der Waals surface area contributed by atoms with Crippen molar-refractivity contribution in [1.29, 1.82) is 0 Å². The van der Waals surface area contributed by atoms with E-state index in [4.69, 9.17) is 9.47 Å². The summed E-state index contributed by atoms with van der Waals surface area (Å²) in [6.45, 7) is 2.94. The van der Waals surface area contributed by atoms with Gasteiger partial charge in [-0.1, -0.05) is 0 Å². The first-order valence-corrected chi connectivity index (χ1v) is 11.0. The lowest BCUT2D eigenvalue weighted by Crippen LogP contribution is -2.36. The lowest BCUT2D eigenvalue weighted by atomic mass is 10.1. The second-order valence-corrected chi connectivity index (χ2v) is 8.31. The molecular weight excluding hydrogens is 408 g/mol. The van der Waals surface area contributed by atoms with Crippen LogP contribution in [-0.2, 0) is 16.1 Å². The first kappa shape index (κ1) is 20.5. The maximum absolute atomic E-state index is 12.5. The molecule has 0 aliphatic carbocycles. The van der Waals surface area contributed by atoms with Crippen molar-refractivity contribution in [2.24, 2.45) is 5.92 Å². The maximum Gasteiger partial charge on any atom is 0.251 e. The van der Waals surface area contributed by atoms with E-state index in [0.717, 1.165) is 24.1 Å². The van der Waals surface area contributed by atoms with Crippen molar-refractivity contribution < 1.29 is 19.1 Å². The molecule has 8 nitrogen and oxygen atoms in total. The highest BCUT2D eigenvalue weighted by Crippen LogP contribution is 2.23. The number of amides is 2. The fourth-order valence-electron chi connectivity index (χ4n) is 4.24. The van der Waals surface area contributed by atoms with Crippen LogP contribution < -0.4 is 10.1 Å². The summed E-state index contributed by atoms with van der Waals surface area (Å²) in [5.74, 6) is 0.728. The lowest BCUT2D eigenvalue weighted by molar-refractivity contribution is -0.134. The van der Waals surface area contributed by atoms with E-state index in [2.05, 4.69) is 10.3 Å². The first-order chi connectivity index (χ1) is 15.7. The molecule has 166 valence electrons. The van der Waals surface area contributed by atoms with E-state index < -0.39 is 0 Å². The van der Waals surface area contributed by atoms with Crippen molar-refractivity contribution in [2.75, 3.05) is 26.3 Å². The maximum atomic E-state index is 12.5. The molecule has 2 atom stereocenters. The zero-order valence-electron chi connectivity index (χ0n) is 17.8. The second kappa shape index (κ2) is 9.00. The molecule has 0 spiro atoms. The Kier molecular flexibility index (Phi) is 5.77. The third-order valence-electron chi connectivity index (χ3n) is 6.07. The highest BCUT2D eigenvalue weighted by molar-refractivity contribution is 5.94. The summed E-state index contributed by atoms with van der Waals surface area (Å²) in [7, 11) is 0. The molecule has 3 aromatic rings. The van der Waals surface area contributed by atoms with Gasteiger partial charge in [0.2, 0.25) is 5.91 Å². The van der Waals surface area contributed by atoms with Gasteiger partial charge in [0.1, 0.15) is 17.5 Å². The van der Waals surface area contributed by atoms with E-state index in [9.17, 15) is 9.59 Å². The minimum Gasteiger partial charge on any atom is -0.489 e. The van der Waals surface area contributed by atoms with Crippen LogP contribution >= 0.6 is 0 Å². The van der Waals surface area contributed by atoms with Crippen LogP contribution in [0.15, 0.2) is 55.0 Å². The number of hydrogen-bond acceptors (Lipinski definition) is 5. The van der Waals surface area contributed by atoms with Crippen molar-refractivity contribution in [3.8, 4) is 5.75 Å². The molecule has 0 bridgehead atoms. The van der Waals surface area contributed by atoms with Gasteiger partial charge >= 0.3 is 0 Å². The number of pyridine rings is 1. The number of aromatic nitrogens is 2. The number of benzene rings is 1. The van der Waals surface area contributed by atoms with E-state index in [1.54, 1.807) is 30.5 Å². The van der Waals surface area contributed by atoms with Crippen molar-refractivity contribution in [1.82, 2.24) is 19.6 Å². The minimum atomic E-state index is -0.142. The van der Waals surface area contributed by atoms with Gasteiger partial charge in [0.15, 0.2) is 0 Å². The predicted octanol–water partition coefficient (Wildman–Crippen LogP) is 2.28. The Morgan fingerprint density at radius 3 is 2.84 bits per heavy atom. The average molecular weight is 434 g/mol. The standard InChI is InChI=1S/C24H26N4O4/c29-23(26-14-17-5-9-27-11-8-25-22(27)13-17)18-1-3-20(4-2-18)32-21-6-10-28(15-21)24(30)19-7-12-31-16-19/h1-5,8-9,11,13,19,21H,6-7,10,12,14-16H2,(H,26,29)/t19-,21+/m0/s1. The Morgan fingerprint density at radius 2 is 2.03 bits per heavy atom. The van der Waals surface area contributed by atoms with E-state index in [0.29, 0.717) is 44.2 Å². The van der Waals surface area contributed by atoms with Gasteiger partial charge in [-0.15, -0.1) is 0 Å². The number of fused-ring (bicyclic) bond motifs is 1. The van der Waals surface area contributed by atoms with Crippen LogP contribution in [0.5, 0.6) is 5.75 Å². The zero-order valence-corrected chi connectivity index (χ0v) is 17.8. The van der Waals surface area contributed by atoms with Gasteiger partial charge in [-0.25, -0.2) is 4.98 Å². The van der Waals surface area contributed by atoms with E-state index >= 15 is 0 Å². The van der Waals surface area contributed by atoms with Crippen LogP contribution in [0, 0.1) is 5.92 Å². The third-order valence-corrected chi connectivity index (χ3v) is 6.07. The number of hydrogen-bond donors (Lipinski definition) is 1. The van der Waals surface area contributed by atoms with Gasteiger partial charge in [-0.2, -0.15) is 0 Å². The first-order valence-electron chi connectivity index (χ1n) is 11.0. The smallest absolute Gasteiger partial charge is 0.251 e. The van der Waals surface area contributed by atoms with Crippen molar-refractivity contribution in [2.45, 2.75) is 25.5 Å². The summed E-state index contributed by atoms with van der Waals surface area (Å²) in [6.07, 6.45) is 7.14. The Balaban J connectivity index is 1.12. The van der Waals surface area contributed by atoms with Crippen LogP contribution in [-0.4, -0.2) is 58.5 Å². The number of likely N-dealkylation sites (tertiary alicyclic amines) is 1. The van der Waals surface area contributed by atoms with E-state index in [-0.39, 0.29) is 23.8 Å². The topological polar surface area (TPSA) is 85.2 Å². The SMILES string of the molecule is O=C(NCc1ccn2ccnc2c1)c1ccc(O[C@@H]2CCN(C(=O)[C@H]3CCOC3)C2)cc1. The molecule has 0 radical (unpaired) electrons. The fourth-order valence-corrected chi connectivity index (χ4v) is 4.24. The molecule has 2 aliphatic heterocycles. The van der Waals surface area contributed by atoms with Gasteiger partial charge in [-0.05, 0) is 48.4 Å². The summed E-state index contributed by atoms with van der Waals surface area (Å²) >= 11 is 0. The minimum absolute atomic E-state index is 0.00633. The summed E-state index contributed by atoms with van der Waals surface area (Å²) in [6, 6.07) is 11.0. The molecule has 2 amide bonds. The Bertz CT molecular complexity index is 1100. The molecule has 8 heteroatoms. The monoisotopic (exact) mass is 434 g/mol. The number of nitrogens with zero attached hydrogens (tertiary/aromatic N) is 3. The average Bonchev–Trinajstić information content (AvgIpc) is 3.59. The largest absolute Gasteiger partial charge is 0.489 e.